The van der Waals surface area contributed by atoms with Gasteiger partial charge in [0, 0.05) is 19.0 Å². The van der Waals surface area contributed by atoms with Crippen LogP contribution in [0.25, 0.3) is 0 Å². The van der Waals surface area contributed by atoms with Crippen molar-refractivity contribution in [2.45, 2.75) is 31.4 Å². The first-order valence-corrected chi connectivity index (χ1v) is 9.16. The van der Waals surface area contributed by atoms with Crippen LogP contribution in [-0.4, -0.2) is 38.3 Å². The summed E-state index contributed by atoms with van der Waals surface area (Å²) in [6.07, 6.45) is 1.11. The third kappa shape index (κ3) is 4.66. The van der Waals surface area contributed by atoms with E-state index in [-0.39, 0.29) is 30.1 Å². The SMILES string of the molecule is CN=C(NCC1COc2ccccc2O1)NC1CC1c1ccccc1C.I. The smallest absolute Gasteiger partial charge is 0.191 e. The van der Waals surface area contributed by atoms with Crippen LogP contribution < -0.4 is 20.1 Å². The fourth-order valence-corrected chi connectivity index (χ4v) is 3.45. The van der Waals surface area contributed by atoms with Gasteiger partial charge in [-0.05, 0) is 36.6 Å². The first-order chi connectivity index (χ1) is 12.7. The highest BCUT2D eigenvalue weighted by atomic mass is 127. The lowest BCUT2D eigenvalue weighted by Gasteiger charge is -2.27. The summed E-state index contributed by atoms with van der Waals surface area (Å²) in [6.45, 7) is 3.36. The van der Waals surface area contributed by atoms with Gasteiger partial charge in [-0.25, -0.2) is 0 Å². The molecular formula is C21H26IN3O2. The van der Waals surface area contributed by atoms with Gasteiger partial charge in [0.05, 0.1) is 6.54 Å². The summed E-state index contributed by atoms with van der Waals surface area (Å²) in [5, 5.41) is 6.88. The minimum atomic E-state index is -0.0326. The Bertz CT molecular complexity index is 812. The lowest BCUT2D eigenvalue weighted by atomic mass is 10.0. The van der Waals surface area contributed by atoms with Gasteiger partial charge in [0.2, 0.25) is 0 Å². The molecule has 5 nitrogen and oxygen atoms in total. The van der Waals surface area contributed by atoms with E-state index in [0.29, 0.717) is 25.1 Å². The number of guanidine groups is 1. The van der Waals surface area contributed by atoms with Crippen LogP contribution in [0.15, 0.2) is 53.5 Å². The quantitative estimate of drug-likeness (QED) is 0.401. The highest BCUT2D eigenvalue weighted by Gasteiger charge is 2.39. The molecule has 0 spiro atoms. The molecule has 0 aromatic heterocycles. The number of para-hydroxylation sites is 2. The van der Waals surface area contributed by atoms with Crippen LogP contribution in [0.2, 0.25) is 0 Å². The molecule has 3 unspecified atom stereocenters. The number of hydrogen-bond donors (Lipinski definition) is 2. The molecule has 2 N–H and O–H groups in total. The summed E-state index contributed by atoms with van der Waals surface area (Å²) < 4.78 is 11.7. The summed E-state index contributed by atoms with van der Waals surface area (Å²) >= 11 is 0. The second kappa shape index (κ2) is 8.82. The van der Waals surface area contributed by atoms with E-state index in [1.54, 1.807) is 7.05 Å². The zero-order chi connectivity index (χ0) is 17.9. The zero-order valence-electron chi connectivity index (χ0n) is 15.6. The van der Waals surface area contributed by atoms with Gasteiger partial charge in [0.15, 0.2) is 17.5 Å². The number of halogens is 1. The van der Waals surface area contributed by atoms with Gasteiger partial charge in [0.25, 0.3) is 0 Å². The second-order valence-electron chi connectivity index (χ2n) is 6.90. The molecule has 2 aromatic carbocycles. The van der Waals surface area contributed by atoms with E-state index >= 15 is 0 Å². The van der Waals surface area contributed by atoms with Gasteiger partial charge in [0.1, 0.15) is 12.7 Å². The molecule has 0 amide bonds. The van der Waals surface area contributed by atoms with Crippen LogP contribution in [0.4, 0.5) is 0 Å². The van der Waals surface area contributed by atoms with Crippen molar-refractivity contribution in [3.63, 3.8) is 0 Å². The number of hydrogen-bond acceptors (Lipinski definition) is 3. The maximum atomic E-state index is 5.98. The van der Waals surface area contributed by atoms with Crippen molar-refractivity contribution in [3.8, 4) is 11.5 Å². The maximum absolute atomic E-state index is 5.98. The average Bonchev–Trinajstić information content (AvgIpc) is 3.44. The number of nitrogens with zero attached hydrogens (tertiary/aromatic N) is 1. The standard InChI is InChI=1S/C21H25N3O2.HI/c1-14-7-3-4-8-16(14)17-11-18(17)24-21(22-2)23-12-15-13-25-19-9-5-6-10-20(19)26-15;/h3-10,15,17-18H,11-13H2,1-2H3,(H2,22,23,24);1H. The molecule has 1 fully saturated rings. The Labute approximate surface area is 177 Å². The predicted octanol–water partition coefficient (Wildman–Crippen LogP) is 3.47. The molecule has 1 aliphatic carbocycles. The third-order valence-corrected chi connectivity index (χ3v) is 4.99. The zero-order valence-corrected chi connectivity index (χ0v) is 18.0. The topological polar surface area (TPSA) is 54.9 Å². The Hall–Kier alpha value is -1.96. The number of aryl methyl sites for hydroxylation is 1. The largest absolute Gasteiger partial charge is 0.486 e. The summed E-state index contributed by atoms with van der Waals surface area (Å²) in [6, 6.07) is 16.8. The van der Waals surface area contributed by atoms with Crippen LogP contribution in [0.5, 0.6) is 11.5 Å². The van der Waals surface area contributed by atoms with E-state index in [2.05, 4.69) is 46.8 Å². The Balaban J connectivity index is 0.00000210. The van der Waals surface area contributed by atoms with Crippen LogP contribution in [0.1, 0.15) is 23.5 Å². The molecule has 3 atom stereocenters. The molecule has 0 radical (unpaired) electrons. The molecule has 2 aliphatic rings. The molecule has 1 saturated carbocycles. The Morgan fingerprint density at radius 2 is 1.85 bits per heavy atom. The summed E-state index contributed by atoms with van der Waals surface area (Å²) in [5.74, 6) is 2.99. The van der Waals surface area contributed by atoms with Crippen LogP contribution in [0.3, 0.4) is 0 Å². The fraction of sp³-hybridized carbons (Fsp3) is 0.381. The van der Waals surface area contributed by atoms with Crippen molar-refractivity contribution in [1.29, 1.82) is 0 Å². The minimum absolute atomic E-state index is 0. The molecule has 2 aromatic rings. The van der Waals surface area contributed by atoms with E-state index in [4.69, 9.17) is 9.47 Å². The van der Waals surface area contributed by atoms with Crippen molar-refractivity contribution < 1.29 is 9.47 Å². The predicted molar refractivity (Wildman–Crippen MR) is 119 cm³/mol. The molecular weight excluding hydrogens is 453 g/mol. The third-order valence-electron chi connectivity index (χ3n) is 4.99. The van der Waals surface area contributed by atoms with Gasteiger partial charge in [-0.2, -0.15) is 0 Å². The lowest BCUT2D eigenvalue weighted by Crippen LogP contribution is -2.46. The molecule has 0 saturated heterocycles. The van der Waals surface area contributed by atoms with E-state index < -0.39 is 0 Å². The van der Waals surface area contributed by atoms with E-state index in [1.165, 1.54) is 11.1 Å². The number of ether oxygens (including phenoxy) is 2. The van der Waals surface area contributed by atoms with Crippen molar-refractivity contribution in [2.75, 3.05) is 20.2 Å². The molecule has 0 bridgehead atoms. The van der Waals surface area contributed by atoms with Crippen molar-refractivity contribution in [3.05, 3.63) is 59.7 Å². The Kier molecular flexibility index (Phi) is 6.46. The van der Waals surface area contributed by atoms with Crippen molar-refractivity contribution in [2.24, 2.45) is 4.99 Å². The highest BCUT2D eigenvalue weighted by molar-refractivity contribution is 14.0. The summed E-state index contributed by atoms with van der Waals surface area (Å²) in [4.78, 5) is 4.35. The highest BCUT2D eigenvalue weighted by Crippen LogP contribution is 2.42. The molecule has 144 valence electrons. The van der Waals surface area contributed by atoms with Gasteiger partial charge in [-0.1, -0.05) is 36.4 Å². The van der Waals surface area contributed by atoms with Crippen molar-refractivity contribution >= 4 is 29.9 Å². The van der Waals surface area contributed by atoms with E-state index in [0.717, 1.165) is 23.9 Å². The fourth-order valence-electron chi connectivity index (χ4n) is 3.45. The van der Waals surface area contributed by atoms with Crippen molar-refractivity contribution in [1.82, 2.24) is 10.6 Å². The maximum Gasteiger partial charge on any atom is 0.191 e. The van der Waals surface area contributed by atoms with Gasteiger partial charge < -0.3 is 20.1 Å². The number of rotatable bonds is 4. The van der Waals surface area contributed by atoms with Crippen LogP contribution in [-0.2, 0) is 0 Å². The summed E-state index contributed by atoms with van der Waals surface area (Å²) in [7, 11) is 1.80. The Morgan fingerprint density at radius 3 is 2.63 bits per heavy atom. The van der Waals surface area contributed by atoms with Gasteiger partial charge >= 0.3 is 0 Å². The first-order valence-electron chi connectivity index (χ1n) is 9.16. The van der Waals surface area contributed by atoms with Gasteiger partial charge in [-0.3, -0.25) is 4.99 Å². The average molecular weight is 479 g/mol. The monoisotopic (exact) mass is 479 g/mol. The van der Waals surface area contributed by atoms with E-state index in [1.807, 2.05) is 24.3 Å². The number of fused-ring (bicyclic) bond motifs is 1. The normalized spacial score (nSPS) is 23.2. The molecule has 1 heterocycles. The number of aliphatic imine (C=N–C) groups is 1. The van der Waals surface area contributed by atoms with Gasteiger partial charge in [-0.15, -0.1) is 24.0 Å². The lowest BCUT2D eigenvalue weighted by molar-refractivity contribution is 0.0936. The summed E-state index contributed by atoms with van der Waals surface area (Å²) in [5.41, 5.74) is 2.79. The minimum Gasteiger partial charge on any atom is -0.486 e. The Morgan fingerprint density at radius 1 is 1.11 bits per heavy atom. The van der Waals surface area contributed by atoms with E-state index in [9.17, 15) is 0 Å². The number of nitrogens with one attached hydrogen (secondary N) is 2. The number of benzene rings is 2. The van der Waals surface area contributed by atoms with Crippen LogP contribution >= 0.6 is 24.0 Å². The molecule has 27 heavy (non-hydrogen) atoms. The molecule has 6 heteroatoms. The molecule has 4 rings (SSSR count). The first kappa shape index (κ1) is 19.8. The molecule has 1 aliphatic heterocycles. The second-order valence-corrected chi connectivity index (χ2v) is 6.90. The van der Waals surface area contributed by atoms with Crippen LogP contribution in [0, 0.1) is 6.92 Å².